The number of carboxylic acid groups (broad SMARTS) is 2. The van der Waals surface area contributed by atoms with Crippen LogP contribution in [0.3, 0.4) is 0 Å². The van der Waals surface area contributed by atoms with Gasteiger partial charge in [-0.3, -0.25) is 18.7 Å². The Hall–Kier alpha value is -1.84. The molecule has 0 bridgehead atoms. The number of β-lactam (4-membered cyclic amide) rings is 1. The van der Waals surface area contributed by atoms with Crippen LogP contribution in [0.4, 0.5) is 14.9 Å². The number of carboxylic acids is 1. The van der Waals surface area contributed by atoms with E-state index in [-0.39, 0.29) is 82.7 Å². The molecule has 53 heavy (non-hydrogen) atoms. The molecular formula is C33H32FN5Na2O8S4. The number of anilines is 1. The quantitative estimate of drug-likeness (QED) is 0.0953. The van der Waals surface area contributed by atoms with Gasteiger partial charge in [-0.05, 0) is 64.8 Å². The number of fused-ring (bicyclic) bond motifs is 2. The molecule has 270 valence electrons. The number of piperazine rings is 1. The Balaban J connectivity index is 0.00000271. The molecule has 20 heteroatoms. The first-order valence-corrected chi connectivity index (χ1v) is 19.7. The molecular weight excluding hydrogens is 788 g/mol. The number of carbonyl (C=O) groups excluding carboxylic acids is 4. The summed E-state index contributed by atoms with van der Waals surface area (Å²) >= 11 is 8.42. The second kappa shape index (κ2) is 17.1. The van der Waals surface area contributed by atoms with Gasteiger partial charge in [-0.25, -0.2) is 4.39 Å². The van der Waals surface area contributed by atoms with Crippen molar-refractivity contribution in [3.05, 3.63) is 62.3 Å². The largest absolute Gasteiger partial charge is 1.00 e. The monoisotopic (exact) mass is 819 g/mol. The first-order valence-electron chi connectivity index (χ1n) is 16.2. The minimum absolute atomic E-state index is 0. The average molecular weight is 820 g/mol. The molecule has 1 aromatic carbocycles. The molecule has 3 fully saturated rings. The smallest absolute Gasteiger partial charge is 0.545 e. The van der Waals surface area contributed by atoms with Crippen molar-refractivity contribution in [2.45, 2.75) is 49.9 Å². The van der Waals surface area contributed by atoms with E-state index in [0.717, 1.165) is 23.8 Å². The fraction of sp³-hybridized carbons (Fsp3) is 0.424. The van der Waals surface area contributed by atoms with E-state index in [1.54, 1.807) is 10.6 Å². The fourth-order valence-corrected chi connectivity index (χ4v) is 11.2. The average Bonchev–Trinajstić information content (AvgIpc) is 3.83. The van der Waals surface area contributed by atoms with Crippen LogP contribution in [0.25, 0.3) is 10.9 Å². The van der Waals surface area contributed by atoms with Gasteiger partial charge in [0.15, 0.2) is 5.43 Å². The van der Waals surface area contributed by atoms with E-state index in [1.165, 1.54) is 40.7 Å². The van der Waals surface area contributed by atoms with Crippen molar-refractivity contribution in [2.24, 2.45) is 0 Å². The Bertz CT molecular complexity index is 2070. The predicted molar refractivity (Wildman–Crippen MR) is 193 cm³/mol. The number of rotatable bonds is 9. The molecule has 3 atom stereocenters. The number of ether oxygens (including phenoxy) is 1. The maximum atomic E-state index is 15.4. The van der Waals surface area contributed by atoms with E-state index >= 15 is 4.39 Å². The summed E-state index contributed by atoms with van der Waals surface area (Å²) in [6, 6.07) is 5.71. The van der Waals surface area contributed by atoms with Crippen LogP contribution >= 0.6 is 46.0 Å². The number of nitrogens with zero attached hydrogens (tertiary/aromatic N) is 4. The Labute approximate surface area is 364 Å². The van der Waals surface area contributed by atoms with Gasteiger partial charge < -0.3 is 44.2 Å². The van der Waals surface area contributed by atoms with Crippen molar-refractivity contribution < 1.29 is 97.6 Å². The Morgan fingerprint density at radius 2 is 1.85 bits per heavy atom. The van der Waals surface area contributed by atoms with Crippen molar-refractivity contribution >= 4 is 94.8 Å². The van der Waals surface area contributed by atoms with Crippen molar-refractivity contribution in [2.75, 3.05) is 43.9 Å². The van der Waals surface area contributed by atoms with Crippen LogP contribution in [0.5, 0.6) is 0 Å². The van der Waals surface area contributed by atoms with Gasteiger partial charge in [0.1, 0.15) is 21.5 Å². The van der Waals surface area contributed by atoms with Crippen molar-refractivity contribution in [3.63, 3.8) is 0 Å². The van der Waals surface area contributed by atoms with E-state index in [1.807, 2.05) is 27.3 Å². The van der Waals surface area contributed by atoms with Crippen LogP contribution in [-0.4, -0.2) is 96.9 Å². The molecule has 2 aromatic heterocycles. The maximum absolute atomic E-state index is 15.4. The minimum atomic E-state index is -1.65. The van der Waals surface area contributed by atoms with Crippen LogP contribution in [-0.2, 0) is 20.7 Å². The molecule has 3 aromatic rings. The van der Waals surface area contributed by atoms with Gasteiger partial charge >= 0.3 is 59.1 Å². The van der Waals surface area contributed by atoms with Gasteiger partial charge in [0, 0.05) is 61.5 Å². The molecule has 1 aliphatic carbocycles. The van der Waals surface area contributed by atoms with Crippen molar-refractivity contribution in [1.82, 2.24) is 19.1 Å². The number of benzene rings is 1. The van der Waals surface area contributed by atoms with Crippen molar-refractivity contribution in [3.8, 4) is 0 Å². The summed E-state index contributed by atoms with van der Waals surface area (Å²) in [6.07, 6.45) is 3.77. The molecule has 7 rings (SSSR count). The molecule has 3 aliphatic heterocycles. The van der Waals surface area contributed by atoms with Gasteiger partial charge in [-0.15, -0.1) is 11.3 Å². The second-order valence-corrected chi connectivity index (χ2v) is 17.2. The number of halogens is 1. The van der Waals surface area contributed by atoms with E-state index < -0.39 is 62.3 Å². The number of thioether (sulfide) groups is 1. The van der Waals surface area contributed by atoms with E-state index in [4.69, 9.17) is 17.0 Å². The summed E-state index contributed by atoms with van der Waals surface area (Å²) in [6.45, 7) is 1.74. The number of thiocarbonyl (C=S) groups is 1. The summed E-state index contributed by atoms with van der Waals surface area (Å²) in [5.74, 6) is -3.00. The summed E-state index contributed by atoms with van der Waals surface area (Å²) in [7, 11) is -0.332. The van der Waals surface area contributed by atoms with Gasteiger partial charge in [-0.1, -0.05) is 30.0 Å². The Morgan fingerprint density at radius 3 is 2.45 bits per heavy atom. The number of pyridine rings is 1. The Kier molecular flexibility index (Phi) is 13.7. The molecule has 2 saturated heterocycles. The van der Waals surface area contributed by atoms with E-state index in [9.17, 15) is 34.2 Å². The molecule has 1 saturated carbocycles. The van der Waals surface area contributed by atoms with Gasteiger partial charge in [-0.2, -0.15) is 0 Å². The topological polar surface area (TPSA) is 167 Å². The SMILES string of the molecule is CO[C@@]1(NC(=O)Cc2cccs2)C(=O)N2[C@@H]1CCC(CSC(=S)N1CCN(c3cc4c(cc3F)c(=O)c(C(=O)[O-])cn4C3CC3)CC1)=S2C(=O)[O-].[Na+].[Na+]. The molecule has 1 N–H and O–H groups in total. The van der Waals surface area contributed by atoms with Gasteiger partial charge in [0.05, 0.1) is 29.2 Å². The Morgan fingerprint density at radius 1 is 1.13 bits per heavy atom. The van der Waals surface area contributed by atoms with Gasteiger partial charge in [0.2, 0.25) is 11.6 Å². The summed E-state index contributed by atoms with van der Waals surface area (Å²) < 4.78 is 24.5. The zero-order valence-electron chi connectivity index (χ0n) is 29.3. The zero-order valence-corrected chi connectivity index (χ0v) is 36.5. The standard InChI is InChI=1S/C33H34FN5O8S4.2Na/c1-47-33(35-27(40)13-19-3-2-12-49-19)26-7-6-20(51(32(45)46)39(26)30(33)44)17-50-31(48)37-10-8-36(9-11-37)25-15-24-21(14-23(25)34)28(41)22(29(42)43)16-38(24)18-4-5-18;;/h2-3,12,14-16,18,26H,4-11,13,17H2,1H3,(H,35,40)(H,42,43)(H,45,46);;/q;2*+1/p-2/t26-,33-,51?;;/m1../s1. The normalized spacial score (nSPS) is 22.3. The minimum Gasteiger partial charge on any atom is -0.545 e. The third-order valence-electron chi connectivity index (χ3n) is 9.65. The summed E-state index contributed by atoms with van der Waals surface area (Å²) in [5, 5.41) is 27.2. The maximum Gasteiger partial charge on any atom is 1.00 e. The zero-order chi connectivity index (χ0) is 36.2. The molecule has 0 radical (unpaired) electrons. The van der Waals surface area contributed by atoms with Crippen molar-refractivity contribution in [1.29, 1.82) is 0 Å². The number of hydrogen-bond donors (Lipinski definition) is 1. The number of nitrogens with one attached hydrogen (secondary N) is 1. The van der Waals surface area contributed by atoms with E-state index in [2.05, 4.69) is 5.32 Å². The summed E-state index contributed by atoms with van der Waals surface area (Å²) in [5.41, 5.74) is -2.14. The fourth-order valence-electron chi connectivity index (χ4n) is 6.94. The molecule has 4 aliphatic rings. The first kappa shape index (κ1) is 42.3. The molecule has 1 unspecified atom stereocenters. The third kappa shape index (κ3) is 8.06. The van der Waals surface area contributed by atoms with E-state index in [0.29, 0.717) is 59.4 Å². The van der Waals surface area contributed by atoms with Crippen LogP contribution < -0.4 is 85.0 Å². The number of aromatic carboxylic acids is 1. The first-order chi connectivity index (χ1) is 24.4. The molecule has 2 amide bonds. The third-order valence-corrected chi connectivity index (χ3v) is 14.3. The molecule has 0 spiro atoms. The second-order valence-electron chi connectivity index (χ2n) is 12.7. The number of methoxy groups -OCH3 is 1. The number of hydrogen-bond acceptors (Lipinski definition) is 12. The molecule has 5 heterocycles. The molecule has 13 nitrogen and oxygen atoms in total. The number of carbonyl (C=O) groups is 4. The number of thiophene rings is 1. The van der Waals surface area contributed by atoms with Crippen LogP contribution in [0.1, 0.15) is 47.0 Å². The van der Waals surface area contributed by atoms with Crippen LogP contribution in [0.15, 0.2) is 40.6 Å². The van der Waals surface area contributed by atoms with Crippen LogP contribution in [0.2, 0.25) is 0 Å². The number of amides is 2. The van der Waals surface area contributed by atoms with Crippen LogP contribution in [0, 0.1) is 5.82 Å². The summed E-state index contributed by atoms with van der Waals surface area (Å²) in [4.78, 5) is 68.3. The predicted octanol–water partition coefficient (Wildman–Crippen LogP) is -4.55. The van der Waals surface area contributed by atoms with Gasteiger partial charge in [0.25, 0.3) is 5.91 Å². The number of aromatic nitrogens is 1.